The van der Waals surface area contributed by atoms with Crippen molar-refractivity contribution in [2.24, 2.45) is 0 Å². The molecule has 0 unspecified atom stereocenters. The van der Waals surface area contributed by atoms with Gasteiger partial charge in [-0.15, -0.1) is 0 Å². The number of β-amino-alcohol motifs (C(OH)–C–C–N with tert-alkyl or cyclic N) is 1. The fourth-order valence-corrected chi connectivity index (χ4v) is 3.14. The largest absolute Gasteiger partial charge is 0.433 e. The lowest BCUT2D eigenvalue weighted by Crippen LogP contribution is -2.24. The van der Waals surface area contributed by atoms with Gasteiger partial charge in [-0.25, -0.2) is 4.98 Å². The Labute approximate surface area is 188 Å². The van der Waals surface area contributed by atoms with Crippen LogP contribution >= 0.6 is 0 Å². The van der Waals surface area contributed by atoms with Crippen LogP contribution in [0.25, 0.3) is 0 Å². The number of anilines is 3. The summed E-state index contributed by atoms with van der Waals surface area (Å²) in [7, 11) is 0. The predicted octanol–water partition coefficient (Wildman–Crippen LogP) is 4.41. The van der Waals surface area contributed by atoms with Crippen molar-refractivity contribution in [3.8, 4) is 11.9 Å². The quantitative estimate of drug-likeness (QED) is 0.512. The van der Waals surface area contributed by atoms with Gasteiger partial charge in [-0.1, -0.05) is 12.1 Å². The molecule has 180 valence electrons. The van der Waals surface area contributed by atoms with Gasteiger partial charge in [0.15, 0.2) is 0 Å². The van der Waals surface area contributed by atoms with Crippen LogP contribution in [0.2, 0.25) is 0 Å². The molecular weight excluding hydrogens is 470 g/mol. The molecule has 2 aromatic heterocycles. The van der Waals surface area contributed by atoms with Crippen LogP contribution in [0, 0.1) is 0 Å². The molecule has 34 heavy (non-hydrogen) atoms. The smallest absolute Gasteiger partial charge is 0.405 e. The molecule has 0 radical (unpaired) electrons. The van der Waals surface area contributed by atoms with E-state index in [4.69, 9.17) is 4.74 Å². The molecule has 0 aliphatic carbocycles. The van der Waals surface area contributed by atoms with Gasteiger partial charge in [0.2, 0.25) is 17.8 Å². The average Bonchev–Trinajstić information content (AvgIpc) is 3.19. The van der Waals surface area contributed by atoms with E-state index in [2.05, 4.69) is 25.3 Å². The number of aromatic nitrogens is 4. The summed E-state index contributed by atoms with van der Waals surface area (Å²) < 4.78 is 83.3. The van der Waals surface area contributed by atoms with Gasteiger partial charge < -0.3 is 20.1 Å². The summed E-state index contributed by atoms with van der Waals surface area (Å²) in [5, 5.41) is 12.4. The standard InChI is InChI=1S/C20H16F6N6O2/c21-19(22,23)11-3-1-4-12(9-11)27-16-29-17(32-8-7-13(33)10-32)31-18(30-16)34-15-6-2-5-14(28-15)20(24,25)26/h1-6,9,13,33H,7-8,10H2,(H,27,29,30,31)/t13-/m1/s1. The van der Waals surface area contributed by atoms with Gasteiger partial charge in [0.1, 0.15) is 5.69 Å². The number of aliphatic hydroxyl groups is 1. The van der Waals surface area contributed by atoms with E-state index in [1.807, 2.05) is 0 Å². The fourth-order valence-electron chi connectivity index (χ4n) is 3.14. The highest BCUT2D eigenvalue weighted by Gasteiger charge is 2.33. The monoisotopic (exact) mass is 486 g/mol. The summed E-state index contributed by atoms with van der Waals surface area (Å²) in [5.41, 5.74) is -2.08. The summed E-state index contributed by atoms with van der Waals surface area (Å²) in [6.45, 7) is 0.545. The maximum Gasteiger partial charge on any atom is 0.433 e. The molecule has 2 N–H and O–H groups in total. The maximum absolute atomic E-state index is 13.0. The molecule has 1 atom stereocenters. The molecule has 1 fully saturated rings. The first-order valence-electron chi connectivity index (χ1n) is 9.83. The molecule has 0 spiro atoms. The molecule has 1 aliphatic rings. The van der Waals surface area contributed by atoms with E-state index in [0.717, 1.165) is 30.3 Å². The van der Waals surface area contributed by atoms with E-state index < -0.39 is 41.6 Å². The molecule has 1 aliphatic heterocycles. The highest BCUT2D eigenvalue weighted by atomic mass is 19.4. The van der Waals surface area contributed by atoms with Crippen molar-refractivity contribution in [1.29, 1.82) is 0 Å². The Balaban J connectivity index is 1.66. The van der Waals surface area contributed by atoms with E-state index in [1.165, 1.54) is 12.1 Å². The highest BCUT2D eigenvalue weighted by molar-refractivity contribution is 5.56. The van der Waals surface area contributed by atoms with Crippen LogP contribution in [0.4, 0.5) is 43.9 Å². The molecule has 4 rings (SSSR count). The molecule has 1 aromatic carbocycles. The SMILES string of the molecule is O[C@@H]1CCN(c2nc(Nc3cccc(C(F)(F)F)c3)nc(Oc3cccc(C(F)(F)F)n3)n2)C1. The van der Waals surface area contributed by atoms with Crippen LogP contribution in [-0.2, 0) is 12.4 Å². The number of ether oxygens (including phenoxy) is 1. The number of benzene rings is 1. The van der Waals surface area contributed by atoms with Gasteiger partial charge in [-0.2, -0.15) is 41.3 Å². The summed E-state index contributed by atoms with van der Waals surface area (Å²) >= 11 is 0. The van der Waals surface area contributed by atoms with Crippen molar-refractivity contribution in [2.75, 3.05) is 23.3 Å². The lowest BCUT2D eigenvalue weighted by molar-refractivity contribution is -0.141. The third-order valence-electron chi connectivity index (χ3n) is 4.71. The number of alkyl halides is 6. The van der Waals surface area contributed by atoms with Gasteiger partial charge in [0, 0.05) is 24.8 Å². The predicted molar refractivity (Wildman–Crippen MR) is 107 cm³/mol. The maximum atomic E-state index is 13.0. The van der Waals surface area contributed by atoms with Crippen molar-refractivity contribution >= 4 is 17.6 Å². The van der Waals surface area contributed by atoms with Crippen molar-refractivity contribution in [1.82, 2.24) is 19.9 Å². The molecule has 8 nitrogen and oxygen atoms in total. The van der Waals surface area contributed by atoms with E-state index in [-0.39, 0.29) is 24.1 Å². The lowest BCUT2D eigenvalue weighted by atomic mass is 10.2. The minimum Gasteiger partial charge on any atom is -0.405 e. The number of nitrogens with one attached hydrogen (secondary N) is 1. The van der Waals surface area contributed by atoms with Crippen molar-refractivity contribution in [3.05, 3.63) is 53.7 Å². The van der Waals surface area contributed by atoms with Crippen LogP contribution in [0.15, 0.2) is 42.5 Å². The Morgan fingerprint density at radius 2 is 1.71 bits per heavy atom. The molecule has 0 amide bonds. The Hall–Kier alpha value is -3.68. The Bertz CT molecular complexity index is 1100. The van der Waals surface area contributed by atoms with Gasteiger partial charge >= 0.3 is 18.4 Å². The molecule has 0 saturated carbocycles. The number of hydrogen-bond donors (Lipinski definition) is 2. The first-order valence-corrected chi connectivity index (χ1v) is 9.83. The van der Waals surface area contributed by atoms with Crippen molar-refractivity contribution in [2.45, 2.75) is 24.9 Å². The molecule has 1 saturated heterocycles. The third-order valence-corrected chi connectivity index (χ3v) is 4.71. The van der Waals surface area contributed by atoms with Crippen molar-refractivity contribution < 1.29 is 36.2 Å². The van der Waals surface area contributed by atoms with Gasteiger partial charge in [-0.3, -0.25) is 0 Å². The number of nitrogens with zero attached hydrogens (tertiary/aromatic N) is 5. The van der Waals surface area contributed by atoms with Crippen LogP contribution in [-0.4, -0.2) is 44.2 Å². The zero-order chi connectivity index (χ0) is 24.5. The summed E-state index contributed by atoms with van der Waals surface area (Å²) in [6, 6.07) is 6.86. The number of aliphatic hydroxyl groups excluding tert-OH is 1. The Morgan fingerprint density at radius 1 is 0.941 bits per heavy atom. The lowest BCUT2D eigenvalue weighted by Gasteiger charge is -2.17. The second-order valence-electron chi connectivity index (χ2n) is 7.29. The second-order valence-corrected chi connectivity index (χ2v) is 7.29. The number of halogens is 6. The number of rotatable bonds is 5. The van der Waals surface area contributed by atoms with E-state index in [1.54, 1.807) is 4.90 Å². The first kappa shape index (κ1) is 23.5. The van der Waals surface area contributed by atoms with E-state index in [9.17, 15) is 31.4 Å². The summed E-state index contributed by atoms with van der Waals surface area (Å²) in [6.07, 6.45) is -9.50. The van der Waals surface area contributed by atoms with Gasteiger partial charge in [0.05, 0.1) is 11.7 Å². The van der Waals surface area contributed by atoms with Gasteiger partial charge in [0.25, 0.3) is 0 Å². The second kappa shape index (κ2) is 8.93. The minimum absolute atomic E-state index is 0.0107. The van der Waals surface area contributed by atoms with E-state index >= 15 is 0 Å². The fraction of sp³-hybridized carbons (Fsp3) is 0.300. The molecule has 3 aromatic rings. The van der Waals surface area contributed by atoms with Crippen LogP contribution in [0.3, 0.4) is 0 Å². The van der Waals surface area contributed by atoms with Crippen molar-refractivity contribution in [3.63, 3.8) is 0 Å². The minimum atomic E-state index is -4.70. The van der Waals surface area contributed by atoms with Gasteiger partial charge in [-0.05, 0) is 30.7 Å². The van der Waals surface area contributed by atoms with Crippen LogP contribution in [0.5, 0.6) is 11.9 Å². The van der Waals surface area contributed by atoms with Crippen LogP contribution in [0.1, 0.15) is 17.7 Å². The molecule has 3 heterocycles. The average molecular weight is 486 g/mol. The Morgan fingerprint density at radius 3 is 2.38 bits per heavy atom. The third kappa shape index (κ3) is 5.62. The summed E-state index contributed by atoms with van der Waals surface area (Å²) in [4.78, 5) is 17.1. The highest BCUT2D eigenvalue weighted by Crippen LogP contribution is 2.32. The van der Waals surface area contributed by atoms with E-state index in [0.29, 0.717) is 13.0 Å². The first-order chi connectivity index (χ1) is 16.0. The molecular formula is C20H16F6N6O2. The summed E-state index contributed by atoms with van der Waals surface area (Å²) in [5.74, 6) is -0.644. The van der Waals surface area contributed by atoms with Crippen LogP contribution < -0.4 is 15.0 Å². The molecule has 14 heteroatoms. The Kier molecular flexibility index (Phi) is 6.17. The number of pyridine rings is 1. The zero-order valence-corrected chi connectivity index (χ0v) is 17.1. The molecule has 0 bridgehead atoms. The zero-order valence-electron chi connectivity index (χ0n) is 17.1. The topological polar surface area (TPSA) is 96.3 Å². The normalized spacial score (nSPS) is 16.6. The number of hydrogen-bond acceptors (Lipinski definition) is 8.